The lowest BCUT2D eigenvalue weighted by Crippen LogP contribution is -2.29. The van der Waals surface area contributed by atoms with Gasteiger partial charge in [0.05, 0.1) is 0 Å². The van der Waals surface area contributed by atoms with Gasteiger partial charge in [0.25, 0.3) is 0 Å². The zero-order valence-corrected chi connectivity index (χ0v) is 5.58. The Morgan fingerprint density at radius 3 is 2.80 bits per heavy atom. The molecule has 4 nitrogen and oxygen atoms in total. The molecule has 0 heterocycles. The Hall–Kier alpha value is -1.08. The summed E-state index contributed by atoms with van der Waals surface area (Å²) in [5.74, 6) is -0.995. The third-order valence-electron chi connectivity index (χ3n) is 1.10. The van der Waals surface area contributed by atoms with Crippen LogP contribution in [0, 0.1) is 6.57 Å². The molecule has 56 valence electrons. The van der Waals surface area contributed by atoms with Crippen LogP contribution in [0.15, 0.2) is 0 Å². The first kappa shape index (κ1) is 8.92. The minimum atomic E-state index is -0.995. The Bertz CT molecular complexity index is 150. The van der Waals surface area contributed by atoms with Gasteiger partial charge in [-0.15, -0.1) is 0 Å². The molecule has 0 radical (unpaired) electrons. The molecule has 0 aliphatic heterocycles. The molecule has 0 fully saturated rings. The molecule has 0 bridgehead atoms. The molecule has 4 heteroatoms. The summed E-state index contributed by atoms with van der Waals surface area (Å²) in [7, 11) is 0. The number of carbonyl (C=O) groups is 1. The van der Waals surface area contributed by atoms with Gasteiger partial charge in [0, 0.05) is 6.42 Å². The predicted molar refractivity (Wildman–Crippen MR) is 36.3 cm³/mol. The van der Waals surface area contributed by atoms with Crippen molar-refractivity contribution in [3.63, 3.8) is 0 Å². The highest BCUT2D eigenvalue weighted by atomic mass is 16.4. The summed E-state index contributed by atoms with van der Waals surface area (Å²) < 4.78 is 0. The first-order chi connectivity index (χ1) is 4.68. The van der Waals surface area contributed by atoms with Gasteiger partial charge in [0.15, 0.2) is 0 Å². The average molecular weight is 142 g/mol. The van der Waals surface area contributed by atoms with Crippen molar-refractivity contribution in [2.75, 3.05) is 6.54 Å². The third kappa shape index (κ3) is 3.87. The van der Waals surface area contributed by atoms with E-state index in [1.54, 1.807) is 0 Å². The fourth-order valence-corrected chi connectivity index (χ4v) is 0.514. The second kappa shape index (κ2) is 4.77. The van der Waals surface area contributed by atoms with Crippen LogP contribution in [0.5, 0.6) is 0 Å². The number of hydrogen-bond donors (Lipinski definition) is 2. The van der Waals surface area contributed by atoms with E-state index in [0.717, 1.165) is 0 Å². The Morgan fingerprint density at radius 2 is 2.40 bits per heavy atom. The molecule has 0 spiro atoms. The van der Waals surface area contributed by atoms with Crippen molar-refractivity contribution >= 4 is 5.97 Å². The quantitative estimate of drug-likeness (QED) is 0.432. The van der Waals surface area contributed by atoms with Crippen LogP contribution in [-0.4, -0.2) is 23.7 Å². The predicted octanol–water partition coefficient (Wildman–Crippen LogP) is 0.0978. The van der Waals surface area contributed by atoms with Crippen LogP contribution >= 0.6 is 0 Å². The molecule has 3 N–H and O–H groups in total. The van der Waals surface area contributed by atoms with Crippen LogP contribution in [0.25, 0.3) is 4.85 Å². The van der Waals surface area contributed by atoms with Gasteiger partial charge in [-0.3, -0.25) is 4.79 Å². The van der Waals surface area contributed by atoms with Crippen LogP contribution in [-0.2, 0) is 4.79 Å². The van der Waals surface area contributed by atoms with Crippen molar-refractivity contribution in [1.82, 2.24) is 0 Å². The maximum Gasteiger partial charge on any atom is 0.320 e. The van der Waals surface area contributed by atoms with Crippen LogP contribution < -0.4 is 5.73 Å². The largest absolute Gasteiger partial charge is 0.480 e. The van der Waals surface area contributed by atoms with Gasteiger partial charge in [-0.25, -0.2) is 6.57 Å². The van der Waals surface area contributed by atoms with E-state index >= 15 is 0 Å². The second-order valence-corrected chi connectivity index (χ2v) is 1.97. The number of nitrogens with zero attached hydrogens (tertiary/aromatic N) is 1. The molecule has 0 aromatic carbocycles. The number of aliphatic carboxylic acids is 1. The summed E-state index contributed by atoms with van der Waals surface area (Å²) in [6.45, 7) is 6.75. The van der Waals surface area contributed by atoms with E-state index < -0.39 is 12.0 Å². The summed E-state index contributed by atoms with van der Waals surface area (Å²) in [5.41, 5.74) is 5.15. The first-order valence-electron chi connectivity index (χ1n) is 3.00. The molecule has 0 aliphatic rings. The van der Waals surface area contributed by atoms with E-state index in [4.69, 9.17) is 17.4 Å². The lowest BCUT2D eigenvalue weighted by Gasteiger charge is -2.00. The molecule has 0 saturated carbocycles. The van der Waals surface area contributed by atoms with Gasteiger partial charge >= 0.3 is 5.97 Å². The average Bonchev–Trinajstić information content (AvgIpc) is 1.88. The van der Waals surface area contributed by atoms with Crippen molar-refractivity contribution < 1.29 is 9.90 Å². The lowest BCUT2D eigenvalue weighted by molar-refractivity contribution is -0.138. The van der Waals surface area contributed by atoms with E-state index in [0.29, 0.717) is 19.4 Å². The highest BCUT2D eigenvalue weighted by molar-refractivity contribution is 5.72. The minimum absolute atomic E-state index is 0.362. The highest BCUT2D eigenvalue weighted by Crippen LogP contribution is 1.94. The summed E-state index contributed by atoms with van der Waals surface area (Å²) in [5, 5.41) is 8.28. The van der Waals surface area contributed by atoms with Gasteiger partial charge in [0.2, 0.25) is 6.54 Å². The fraction of sp³-hybridized carbons (Fsp3) is 0.667. The maximum atomic E-state index is 10.1. The van der Waals surface area contributed by atoms with Crippen molar-refractivity contribution in [3.05, 3.63) is 11.4 Å². The second-order valence-electron chi connectivity index (χ2n) is 1.97. The molecule has 0 aromatic rings. The SMILES string of the molecule is [C-]#[N+]CCC[C@H](N)C(=O)O. The molecule has 0 unspecified atom stereocenters. The van der Waals surface area contributed by atoms with Gasteiger partial charge in [0.1, 0.15) is 6.04 Å². The number of carboxylic acid groups (broad SMARTS) is 1. The number of carboxylic acids is 1. The van der Waals surface area contributed by atoms with E-state index in [1.165, 1.54) is 0 Å². The monoisotopic (exact) mass is 142 g/mol. The van der Waals surface area contributed by atoms with Gasteiger partial charge in [-0.2, -0.15) is 0 Å². The fourth-order valence-electron chi connectivity index (χ4n) is 0.514. The first-order valence-corrected chi connectivity index (χ1v) is 3.00. The minimum Gasteiger partial charge on any atom is -0.480 e. The molecule has 10 heavy (non-hydrogen) atoms. The van der Waals surface area contributed by atoms with E-state index in [9.17, 15) is 4.79 Å². The molecule has 0 aromatic heterocycles. The van der Waals surface area contributed by atoms with Crippen LogP contribution in [0.2, 0.25) is 0 Å². The van der Waals surface area contributed by atoms with Crippen LogP contribution in [0.4, 0.5) is 0 Å². The molecule has 0 aliphatic carbocycles. The standard InChI is InChI=1S/C6H10N2O2/c1-8-4-2-3-5(7)6(9)10/h5H,2-4,7H2,(H,9,10)/t5-/m0/s1. The van der Waals surface area contributed by atoms with Gasteiger partial charge in [-0.1, -0.05) is 0 Å². The van der Waals surface area contributed by atoms with Gasteiger partial charge in [-0.05, 0) is 6.42 Å². The molecule has 0 amide bonds. The number of nitrogens with two attached hydrogens (primary N) is 1. The van der Waals surface area contributed by atoms with Crippen molar-refractivity contribution in [3.8, 4) is 0 Å². The van der Waals surface area contributed by atoms with Crippen molar-refractivity contribution in [1.29, 1.82) is 0 Å². The molecule has 0 saturated heterocycles. The number of rotatable bonds is 4. The van der Waals surface area contributed by atoms with Crippen molar-refractivity contribution in [2.24, 2.45) is 5.73 Å². The topological polar surface area (TPSA) is 67.7 Å². The molecule has 0 rings (SSSR count). The van der Waals surface area contributed by atoms with Crippen molar-refractivity contribution in [2.45, 2.75) is 18.9 Å². The molecule has 1 atom stereocenters. The zero-order valence-electron chi connectivity index (χ0n) is 5.58. The molecular formula is C6H10N2O2. The maximum absolute atomic E-state index is 10.1. The van der Waals surface area contributed by atoms with E-state index in [1.807, 2.05) is 0 Å². The van der Waals surface area contributed by atoms with Crippen LogP contribution in [0.3, 0.4) is 0 Å². The molecular weight excluding hydrogens is 132 g/mol. The Labute approximate surface area is 59.5 Å². The summed E-state index contributed by atoms with van der Waals surface area (Å²) >= 11 is 0. The summed E-state index contributed by atoms with van der Waals surface area (Å²) in [6, 6.07) is -0.804. The Balaban J connectivity index is 3.32. The van der Waals surface area contributed by atoms with E-state index in [2.05, 4.69) is 4.85 Å². The summed E-state index contributed by atoms with van der Waals surface area (Å²) in [6.07, 6.45) is 0.953. The number of hydrogen-bond acceptors (Lipinski definition) is 2. The van der Waals surface area contributed by atoms with E-state index in [-0.39, 0.29) is 0 Å². The highest BCUT2D eigenvalue weighted by Gasteiger charge is 2.10. The lowest BCUT2D eigenvalue weighted by atomic mass is 10.2. The summed E-state index contributed by atoms with van der Waals surface area (Å²) in [4.78, 5) is 13.2. The Kier molecular flexibility index (Phi) is 4.25. The smallest absolute Gasteiger partial charge is 0.320 e. The third-order valence-corrected chi connectivity index (χ3v) is 1.10. The van der Waals surface area contributed by atoms with Gasteiger partial charge < -0.3 is 15.7 Å². The Morgan fingerprint density at radius 1 is 1.80 bits per heavy atom. The normalized spacial score (nSPS) is 12.0. The zero-order chi connectivity index (χ0) is 7.98. The van der Waals surface area contributed by atoms with Crippen LogP contribution in [0.1, 0.15) is 12.8 Å².